The van der Waals surface area contributed by atoms with Gasteiger partial charge in [-0.15, -0.1) is 0 Å². The quantitative estimate of drug-likeness (QED) is 0.862. The molecule has 0 radical (unpaired) electrons. The Morgan fingerprint density at radius 3 is 2.62 bits per heavy atom. The van der Waals surface area contributed by atoms with Crippen LogP contribution in [-0.4, -0.2) is 18.5 Å². The monoisotopic (exact) mass is 284 g/mol. The Bertz CT molecular complexity index is 542. The summed E-state index contributed by atoms with van der Waals surface area (Å²) in [5.41, 5.74) is 8.81. The van der Waals surface area contributed by atoms with Crippen molar-refractivity contribution in [1.82, 2.24) is 0 Å². The maximum absolute atomic E-state index is 13.0. The van der Waals surface area contributed by atoms with Gasteiger partial charge in [0, 0.05) is 24.2 Å². The number of nitrogens with zero attached hydrogens (tertiary/aromatic N) is 1. The molecule has 3 heteroatoms. The van der Waals surface area contributed by atoms with E-state index in [0.717, 1.165) is 31.5 Å². The van der Waals surface area contributed by atoms with Gasteiger partial charge in [-0.3, -0.25) is 4.79 Å². The maximum atomic E-state index is 13.0. The highest BCUT2D eigenvalue weighted by Crippen LogP contribution is 2.43. The maximum Gasteiger partial charge on any atom is 0.230 e. The summed E-state index contributed by atoms with van der Waals surface area (Å²) >= 11 is 0. The molecular formula is C18H24N2O. The zero-order chi connectivity index (χ0) is 14.4. The van der Waals surface area contributed by atoms with E-state index in [4.69, 9.17) is 5.73 Å². The van der Waals surface area contributed by atoms with E-state index < -0.39 is 0 Å². The van der Waals surface area contributed by atoms with Crippen molar-refractivity contribution in [3.63, 3.8) is 0 Å². The van der Waals surface area contributed by atoms with Crippen LogP contribution < -0.4 is 10.6 Å². The molecule has 1 aromatic carbocycles. The molecule has 0 spiro atoms. The molecule has 2 fully saturated rings. The summed E-state index contributed by atoms with van der Waals surface area (Å²) in [5.74, 6) is 1.70. The van der Waals surface area contributed by atoms with Crippen LogP contribution in [0, 0.1) is 17.8 Å². The van der Waals surface area contributed by atoms with E-state index in [-0.39, 0.29) is 5.92 Å². The van der Waals surface area contributed by atoms with E-state index in [1.165, 1.54) is 24.8 Å². The molecule has 2 aliphatic carbocycles. The van der Waals surface area contributed by atoms with Gasteiger partial charge in [0.05, 0.1) is 0 Å². The highest BCUT2D eigenvalue weighted by molar-refractivity contribution is 5.97. The van der Waals surface area contributed by atoms with Crippen LogP contribution in [-0.2, 0) is 11.2 Å². The molecule has 3 aliphatic rings. The highest BCUT2D eigenvalue weighted by atomic mass is 16.2. The molecule has 21 heavy (non-hydrogen) atoms. The number of carbonyl (C=O) groups excluding carboxylic acids is 1. The fourth-order valence-electron chi connectivity index (χ4n) is 4.78. The number of benzene rings is 1. The van der Waals surface area contributed by atoms with Gasteiger partial charge in [0.25, 0.3) is 0 Å². The topological polar surface area (TPSA) is 46.3 Å². The summed E-state index contributed by atoms with van der Waals surface area (Å²) < 4.78 is 0. The summed E-state index contributed by atoms with van der Waals surface area (Å²) in [5, 5.41) is 0. The minimum absolute atomic E-state index is 0.200. The van der Waals surface area contributed by atoms with E-state index in [9.17, 15) is 4.79 Å². The minimum Gasteiger partial charge on any atom is -0.327 e. The molecule has 1 heterocycles. The summed E-state index contributed by atoms with van der Waals surface area (Å²) in [6.45, 7) is 0.857. The Labute approximate surface area is 126 Å². The molecule has 2 bridgehead atoms. The summed E-state index contributed by atoms with van der Waals surface area (Å²) in [6, 6.07) is 8.69. The molecule has 112 valence electrons. The molecule has 4 rings (SSSR count). The SMILES string of the molecule is NC1C2CCCC1CC(C(=O)N1CCc3ccccc31)C2. The number of carbonyl (C=O) groups is 1. The molecular weight excluding hydrogens is 260 g/mol. The first kappa shape index (κ1) is 13.3. The Kier molecular flexibility index (Phi) is 3.26. The minimum atomic E-state index is 0.200. The van der Waals surface area contributed by atoms with Crippen molar-refractivity contribution in [2.45, 2.75) is 44.6 Å². The third-order valence-electron chi connectivity index (χ3n) is 5.92. The fourth-order valence-corrected chi connectivity index (χ4v) is 4.78. The standard InChI is InChI=1S/C18H24N2O/c19-17-13-5-3-6-14(17)11-15(10-13)18(21)20-9-8-12-4-1-2-7-16(12)20/h1-2,4,7,13-15,17H,3,5-6,8-11,19H2. The second kappa shape index (κ2) is 5.13. The lowest BCUT2D eigenvalue weighted by Crippen LogP contribution is -2.49. The molecule has 1 amide bonds. The fraction of sp³-hybridized carbons (Fsp3) is 0.611. The lowest BCUT2D eigenvalue weighted by atomic mass is 9.65. The van der Waals surface area contributed by atoms with Crippen molar-refractivity contribution in [2.24, 2.45) is 23.5 Å². The van der Waals surface area contributed by atoms with Gasteiger partial charge in [-0.25, -0.2) is 0 Å². The normalized spacial score (nSPS) is 34.6. The van der Waals surface area contributed by atoms with Gasteiger partial charge in [0.2, 0.25) is 5.91 Å². The van der Waals surface area contributed by atoms with E-state index in [2.05, 4.69) is 18.2 Å². The molecule has 2 atom stereocenters. The number of hydrogen-bond acceptors (Lipinski definition) is 2. The van der Waals surface area contributed by atoms with Crippen molar-refractivity contribution < 1.29 is 4.79 Å². The zero-order valence-corrected chi connectivity index (χ0v) is 12.5. The van der Waals surface area contributed by atoms with Gasteiger partial charge in [-0.2, -0.15) is 0 Å². The van der Waals surface area contributed by atoms with Gasteiger partial charge in [0.15, 0.2) is 0 Å². The summed E-state index contributed by atoms with van der Waals surface area (Å²) in [6.07, 6.45) is 6.76. The van der Waals surface area contributed by atoms with Crippen molar-refractivity contribution >= 4 is 11.6 Å². The van der Waals surface area contributed by atoms with E-state index in [1.54, 1.807) is 0 Å². The van der Waals surface area contributed by atoms with Gasteiger partial charge in [-0.1, -0.05) is 24.6 Å². The smallest absolute Gasteiger partial charge is 0.230 e. The lowest BCUT2D eigenvalue weighted by Gasteiger charge is -2.44. The van der Waals surface area contributed by atoms with Crippen molar-refractivity contribution in [1.29, 1.82) is 0 Å². The van der Waals surface area contributed by atoms with Crippen LogP contribution in [0.5, 0.6) is 0 Å². The predicted octanol–water partition coefficient (Wildman–Crippen LogP) is 2.73. The highest BCUT2D eigenvalue weighted by Gasteiger charge is 2.42. The Hall–Kier alpha value is -1.35. The number of anilines is 1. The molecule has 2 N–H and O–H groups in total. The van der Waals surface area contributed by atoms with Gasteiger partial charge >= 0.3 is 0 Å². The van der Waals surface area contributed by atoms with Gasteiger partial charge < -0.3 is 10.6 Å². The Morgan fingerprint density at radius 1 is 1.14 bits per heavy atom. The van der Waals surface area contributed by atoms with Crippen LogP contribution in [0.1, 0.15) is 37.7 Å². The molecule has 1 aliphatic heterocycles. The van der Waals surface area contributed by atoms with Gasteiger partial charge in [0.1, 0.15) is 0 Å². The first-order valence-corrected chi connectivity index (χ1v) is 8.39. The van der Waals surface area contributed by atoms with Crippen LogP contribution in [0.3, 0.4) is 0 Å². The number of rotatable bonds is 1. The van der Waals surface area contributed by atoms with Crippen molar-refractivity contribution in [2.75, 3.05) is 11.4 Å². The largest absolute Gasteiger partial charge is 0.327 e. The molecule has 3 nitrogen and oxygen atoms in total. The number of para-hydroxylation sites is 1. The molecule has 0 saturated heterocycles. The van der Waals surface area contributed by atoms with E-state index in [0.29, 0.717) is 23.8 Å². The number of hydrogen-bond donors (Lipinski definition) is 1. The second-order valence-electron chi connectivity index (χ2n) is 7.07. The zero-order valence-electron chi connectivity index (χ0n) is 12.5. The predicted molar refractivity (Wildman–Crippen MR) is 84.0 cm³/mol. The van der Waals surface area contributed by atoms with Crippen molar-refractivity contribution in [3.8, 4) is 0 Å². The van der Waals surface area contributed by atoms with Crippen LogP contribution in [0.4, 0.5) is 5.69 Å². The van der Waals surface area contributed by atoms with Crippen LogP contribution in [0.25, 0.3) is 0 Å². The van der Waals surface area contributed by atoms with Crippen LogP contribution in [0.15, 0.2) is 24.3 Å². The lowest BCUT2D eigenvalue weighted by molar-refractivity contribution is -0.125. The Morgan fingerprint density at radius 2 is 1.86 bits per heavy atom. The average Bonchev–Trinajstić information content (AvgIpc) is 2.90. The molecule has 1 aromatic rings. The van der Waals surface area contributed by atoms with Gasteiger partial charge in [-0.05, 0) is 55.6 Å². The number of fused-ring (bicyclic) bond motifs is 3. The average molecular weight is 284 g/mol. The molecule has 0 aromatic heterocycles. The second-order valence-corrected chi connectivity index (χ2v) is 7.07. The third-order valence-corrected chi connectivity index (χ3v) is 5.92. The number of nitrogens with two attached hydrogens (primary N) is 1. The van der Waals surface area contributed by atoms with E-state index >= 15 is 0 Å². The Balaban J connectivity index is 1.54. The summed E-state index contributed by atoms with van der Waals surface area (Å²) in [4.78, 5) is 15.0. The summed E-state index contributed by atoms with van der Waals surface area (Å²) in [7, 11) is 0. The first-order chi connectivity index (χ1) is 10.2. The van der Waals surface area contributed by atoms with Crippen molar-refractivity contribution in [3.05, 3.63) is 29.8 Å². The number of amides is 1. The first-order valence-electron chi connectivity index (χ1n) is 8.39. The van der Waals surface area contributed by atoms with E-state index in [1.807, 2.05) is 11.0 Å². The molecule has 2 unspecified atom stereocenters. The third kappa shape index (κ3) is 2.18. The van der Waals surface area contributed by atoms with Crippen LogP contribution >= 0.6 is 0 Å². The van der Waals surface area contributed by atoms with Crippen LogP contribution in [0.2, 0.25) is 0 Å². The molecule has 2 saturated carbocycles.